The average Bonchev–Trinajstić information content (AvgIpc) is 2.75. The summed E-state index contributed by atoms with van der Waals surface area (Å²) in [6, 6.07) is 4.70. The summed E-state index contributed by atoms with van der Waals surface area (Å²) in [5.41, 5.74) is 12.0. The standard InChI is InChI=1S/C21H24F2N8O3/c22-15-8-30(9-15)4-5-34-29-16-10-31(11-16)20-26-6-14(7-27-20)17-3-1-2-13(18(17)23)12-33-21(32)28-19(24)25/h1-3,6-7,15H,4-5,8-12H2,(H4,24,25,28,32). The van der Waals surface area contributed by atoms with Gasteiger partial charge in [-0.15, -0.1) is 4.99 Å². The number of carbonyl (C=O) groups is 1. The van der Waals surface area contributed by atoms with Crippen molar-refractivity contribution in [2.75, 3.05) is 44.2 Å². The van der Waals surface area contributed by atoms with Gasteiger partial charge in [0.15, 0.2) is 5.96 Å². The molecule has 1 amide bonds. The number of nitrogens with two attached hydrogens (primary N) is 2. The Balaban J connectivity index is 1.29. The molecule has 0 spiro atoms. The minimum absolute atomic E-state index is 0.155. The number of guanidine groups is 1. The van der Waals surface area contributed by atoms with Crippen molar-refractivity contribution < 1.29 is 23.1 Å². The van der Waals surface area contributed by atoms with Crippen molar-refractivity contribution in [2.24, 2.45) is 21.6 Å². The molecular formula is C21H24F2N8O3. The first-order chi connectivity index (χ1) is 16.4. The molecule has 0 radical (unpaired) electrons. The second kappa shape index (κ2) is 10.4. The molecule has 2 aliphatic rings. The van der Waals surface area contributed by atoms with Crippen molar-refractivity contribution in [3.63, 3.8) is 0 Å². The van der Waals surface area contributed by atoms with Gasteiger partial charge in [-0.3, -0.25) is 4.90 Å². The molecule has 0 bridgehead atoms. The predicted octanol–water partition coefficient (Wildman–Crippen LogP) is 1.04. The number of anilines is 1. The molecule has 34 heavy (non-hydrogen) atoms. The summed E-state index contributed by atoms with van der Waals surface area (Å²) in [5.74, 6) is -0.517. The number of amides is 1. The molecule has 13 heteroatoms. The van der Waals surface area contributed by atoms with Gasteiger partial charge in [-0.2, -0.15) is 0 Å². The predicted molar refractivity (Wildman–Crippen MR) is 120 cm³/mol. The fourth-order valence-electron chi connectivity index (χ4n) is 3.40. The molecule has 4 rings (SSSR count). The number of benzene rings is 1. The Morgan fingerprint density at radius 2 is 1.94 bits per heavy atom. The van der Waals surface area contributed by atoms with Crippen LogP contribution in [-0.2, 0) is 16.2 Å². The lowest BCUT2D eigenvalue weighted by Crippen LogP contribution is -2.49. The van der Waals surface area contributed by atoms with E-state index in [0.717, 1.165) is 5.71 Å². The van der Waals surface area contributed by atoms with Crippen LogP contribution in [0.4, 0.5) is 19.5 Å². The molecular weight excluding hydrogens is 450 g/mol. The van der Waals surface area contributed by atoms with Gasteiger partial charge in [-0.1, -0.05) is 23.4 Å². The number of aliphatic imine (C=N–C) groups is 1. The van der Waals surface area contributed by atoms with Gasteiger partial charge in [0.25, 0.3) is 0 Å². The molecule has 2 fully saturated rings. The highest BCUT2D eigenvalue weighted by molar-refractivity contribution is 5.98. The molecule has 0 saturated carbocycles. The van der Waals surface area contributed by atoms with Crippen molar-refractivity contribution in [3.8, 4) is 11.1 Å². The highest BCUT2D eigenvalue weighted by atomic mass is 19.1. The van der Waals surface area contributed by atoms with Crippen LogP contribution < -0.4 is 16.4 Å². The molecule has 0 atom stereocenters. The number of carbonyl (C=O) groups excluding carboxylic acids is 1. The number of alkyl halides is 1. The number of halogens is 2. The lowest BCUT2D eigenvalue weighted by Gasteiger charge is -2.34. The van der Waals surface area contributed by atoms with E-state index in [4.69, 9.17) is 21.0 Å². The quantitative estimate of drug-likeness (QED) is 0.248. The van der Waals surface area contributed by atoms with E-state index in [1.54, 1.807) is 12.1 Å². The van der Waals surface area contributed by atoms with Crippen molar-refractivity contribution >= 4 is 23.7 Å². The van der Waals surface area contributed by atoms with Crippen LogP contribution in [0, 0.1) is 5.82 Å². The zero-order chi connectivity index (χ0) is 24.1. The maximum absolute atomic E-state index is 14.9. The van der Waals surface area contributed by atoms with Crippen LogP contribution in [0.2, 0.25) is 0 Å². The molecule has 180 valence electrons. The molecule has 1 aromatic heterocycles. The Kier molecular flexibility index (Phi) is 7.11. The van der Waals surface area contributed by atoms with E-state index in [2.05, 4.69) is 20.1 Å². The third-order valence-corrected chi connectivity index (χ3v) is 5.23. The fraction of sp³-hybridized carbons (Fsp3) is 0.381. The molecule has 2 aliphatic heterocycles. The summed E-state index contributed by atoms with van der Waals surface area (Å²) in [6.07, 6.45) is 1.31. The van der Waals surface area contributed by atoms with Crippen LogP contribution in [0.5, 0.6) is 0 Å². The van der Waals surface area contributed by atoms with E-state index in [-0.39, 0.29) is 17.7 Å². The fourth-order valence-corrected chi connectivity index (χ4v) is 3.40. The summed E-state index contributed by atoms with van der Waals surface area (Å²) in [6.45, 7) is 2.72. The third kappa shape index (κ3) is 5.73. The molecule has 2 saturated heterocycles. The van der Waals surface area contributed by atoms with E-state index >= 15 is 0 Å². The first-order valence-electron chi connectivity index (χ1n) is 10.5. The molecule has 3 heterocycles. The van der Waals surface area contributed by atoms with Crippen molar-refractivity contribution in [1.82, 2.24) is 14.9 Å². The lowest BCUT2D eigenvalue weighted by molar-refractivity contribution is 0.0319. The second-order valence-electron chi connectivity index (χ2n) is 7.85. The first kappa shape index (κ1) is 23.3. The maximum Gasteiger partial charge on any atom is 0.437 e. The number of aromatic nitrogens is 2. The van der Waals surface area contributed by atoms with E-state index < -0.39 is 24.0 Å². The smallest absolute Gasteiger partial charge is 0.437 e. The van der Waals surface area contributed by atoms with Crippen LogP contribution in [0.25, 0.3) is 11.1 Å². The van der Waals surface area contributed by atoms with Crippen LogP contribution in [0.1, 0.15) is 5.56 Å². The van der Waals surface area contributed by atoms with Gasteiger partial charge in [-0.25, -0.2) is 23.5 Å². The number of oxime groups is 1. The Bertz CT molecular complexity index is 1080. The highest BCUT2D eigenvalue weighted by Crippen LogP contribution is 2.26. The third-order valence-electron chi connectivity index (χ3n) is 5.23. The van der Waals surface area contributed by atoms with E-state index in [1.165, 1.54) is 18.5 Å². The number of nitrogens with zero attached hydrogens (tertiary/aromatic N) is 6. The number of likely N-dealkylation sites (tertiary alicyclic amines) is 1. The number of hydrogen-bond acceptors (Lipinski definition) is 8. The summed E-state index contributed by atoms with van der Waals surface area (Å²) < 4.78 is 32.5. The molecule has 11 nitrogen and oxygen atoms in total. The van der Waals surface area contributed by atoms with Crippen LogP contribution >= 0.6 is 0 Å². The van der Waals surface area contributed by atoms with Crippen LogP contribution in [-0.4, -0.2) is 78.1 Å². The SMILES string of the molecule is NC(N)=NC(=O)OCc1cccc(-c2cnc(N3CC(=NOCCN4CC(F)C4)C3)nc2)c1F. The van der Waals surface area contributed by atoms with Gasteiger partial charge in [0.1, 0.15) is 25.2 Å². The zero-order valence-electron chi connectivity index (χ0n) is 18.2. The zero-order valence-corrected chi connectivity index (χ0v) is 18.2. The minimum Gasteiger partial charge on any atom is -0.443 e. The van der Waals surface area contributed by atoms with Crippen LogP contribution in [0.3, 0.4) is 0 Å². The van der Waals surface area contributed by atoms with Gasteiger partial charge in [0.2, 0.25) is 5.95 Å². The number of ether oxygens (including phenoxy) is 1. The molecule has 1 aromatic carbocycles. The largest absolute Gasteiger partial charge is 0.443 e. The normalized spacial score (nSPS) is 15.8. The Morgan fingerprint density at radius 3 is 2.62 bits per heavy atom. The van der Waals surface area contributed by atoms with Crippen molar-refractivity contribution in [2.45, 2.75) is 12.8 Å². The van der Waals surface area contributed by atoms with Gasteiger partial charge in [0.05, 0.1) is 18.8 Å². The van der Waals surface area contributed by atoms with E-state index in [1.807, 2.05) is 9.80 Å². The summed E-state index contributed by atoms with van der Waals surface area (Å²) in [7, 11) is 0. The van der Waals surface area contributed by atoms with E-state index in [9.17, 15) is 13.6 Å². The summed E-state index contributed by atoms with van der Waals surface area (Å²) in [4.78, 5) is 32.4. The topological polar surface area (TPSA) is 145 Å². The monoisotopic (exact) mass is 474 g/mol. The van der Waals surface area contributed by atoms with Crippen molar-refractivity contribution in [3.05, 3.63) is 42.0 Å². The maximum atomic E-state index is 14.9. The summed E-state index contributed by atoms with van der Waals surface area (Å²) >= 11 is 0. The lowest BCUT2D eigenvalue weighted by atomic mass is 10.1. The average molecular weight is 474 g/mol. The van der Waals surface area contributed by atoms with Gasteiger partial charge in [0, 0.05) is 48.7 Å². The number of rotatable bonds is 8. The van der Waals surface area contributed by atoms with E-state index in [0.29, 0.717) is 50.8 Å². The molecule has 2 aromatic rings. The Morgan fingerprint density at radius 1 is 1.21 bits per heavy atom. The highest BCUT2D eigenvalue weighted by Gasteiger charge is 2.27. The van der Waals surface area contributed by atoms with Gasteiger partial charge >= 0.3 is 6.09 Å². The second-order valence-corrected chi connectivity index (χ2v) is 7.85. The first-order valence-corrected chi connectivity index (χ1v) is 10.5. The van der Waals surface area contributed by atoms with Gasteiger partial charge < -0.3 is 25.9 Å². The van der Waals surface area contributed by atoms with Gasteiger partial charge in [-0.05, 0) is 0 Å². The molecule has 0 unspecified atom stereocenters. The molecule has 4 N–H and O–H groups in total. The van der Waals surface area contributed by atoms with Crippen molar-refractivity contribution in [1.29, 1.82) is 0 Å². The minimum atomic E-state index is -1.01. The number of hydrogen-bond donors (Lipinski definition) is 2. The van der Waals surface area contributed by atoms with Crippen LogP contribution in [0.15, 0.2) is 40.7 Å². The Labute approximate surface area is 194 Å². The Hall–Kier alpha value is -3.87. The molecule has 0 aliphatic carbocycles. The summed E-state index contributed by atoms with van der Waals surface area (Å²) in [5, 5.41) is 4.08.